The predicted octanol–water partition coefficient (Wildman–Crippen LogP) is -0.159. The zero-order valence-electron chi connectivity index (χ0n) is 8.27. The normalized spacial score (nSPS) is 21.2. The highest BCUT2D eigenvalue weighted by molar-refractivity contribution is 5.92. The molecule has 2 heterocycles. The van der Waals surface area contributed by atoms with E-state index in [1.165, 1.54) is 6.20 Å². The van der Waals surface area contributed by atoms with Crippen molar-refractivity contribution in [3.8, 4) is 0 Å². The molecule has 0 saturated carbocycles. The van der Waals surface area contributed by atoms with Crippen molar-refractivity contribution in [1.29, 1.82) is 0 Å². The van der Waals surface area contributed by atoms with E-state index in [9.17, 15) is 4.79 Å². The van der Waals surface area contributed by atoms with Crippen molar-refractivity contribution in [2.24, 2.45) is 5.73 Å². The molecule has 3 N–H and O–H groups in total. The molecule has 0 aliphatic carbocycles. The Hall–Kier alpha value is -1.46. The van der Waals surface area contributed by atoms with Gasteiger partial charge in [0.2, 0.25) is 5.91 Å². The Kier molecular flexibility index (Phi) is 2.94. The molecular weight excluding hydrogens is 194 g/mol. The summed E-state index contributed by atoms with van der Waals surface area (Å²) in [5.74, 6) is -0.461. The first-order valence-corrected chi connectivity index (χ1v) is 4.85. The van der Waals surface area contributed by atoms with Gasteiger partial charge in [-0.1, -0.05) is 0 Å². The molecule has 1 unspecified atom stereocenters. The SMILES string of the molecule is NC(=O)c1ccc(C2CNCCO2)nc1. The summed E-state index contributed by atoms with van der Waals surface area (Å²) in [4.78, 5) is 15.0. The van der Waals surface area contributed by atoms with Crippen molar-refractivity contribution in [1.82, 2.24) is 10.3 Å². The summed E-state index contributed by atoms with van der Waals surface area (Å²) in [5, 5.41) is 3.21. The van der Waals surface area contributed by atoms with Gasteiger partial charge in [-0.05, 0) is 12.1 Å². The van der Waals surface area contributed by atoms with Gasteiger partial charge in [0.25, 0.3) is 0 Å². The van der Waals surface area contributed by atoms with Crippen LogP contribution in [0.25, 0.3) is 0 Å². The second-order valence-electron chi connectivity index (χ2n) is 3.40. The van der Waals surface area contributed by atoms with Crippen LogP contribution in [0.3, 0.4) is 0 Å². The number of rotatable bonds is 2. The van der Waals surface area contributed by atoms with Crippen LogP contribution in [0.5, 0.6) is 0 Å². The molecule has 5 heteroatoms. The molecule has 15 heavy (non-hydrogen) atoms. The lowest BCUT2D eigenvalue weighted by atomic mass is 10.1. The highest BCUT2D eigenvalue weighted by Crippen LogP contribution is 2.16. The number of primary amides is 1. The number of nitrogens with two attached hydrogens (primary N) is 1. The van der Waals surface area contributed by atoms with Crippen molar-refractivity contribution >= 4 is 5.91 Å². The van der Waals surface area contributed by atoms with Crippen LogP contribution >= 0.6 is 0 Å². The standard InChI is InChI=1S/C10H13N3O2/c11-10(14)7-1-2-8(13-5-7)9-6-12-3-4-15-9/h1-2,5,9,12H,3-4,6H2,(H2,11,14). The lowest BCUT2D eigenvalue weighted by Gasteiger charge is -2.22. The largest absolute Gasteiger partial charge is 0.369 e. The van der Waals surface area contributed by atoms with Crippen LogP contribution in [0, 0.1) is 0 Å². The molecule has 2 rings (SSSR count). The average Bonchev–Trinajstić information content (AvgIpc) is 2.30. The summed E-state index contributed by atoms with van der Waals surface area (Å²) in [6, 6.07) is 3.44. The van der Waals surface area contributed by atoms with E-state index < -0.39 is 5.91 Å². The molecule has 5 nitrogen and oxygen atoms in total. The maximum absolute atomic E-state index is 10.8. The summed E-state index contributed by atoms with van der Waals surface area (Å²) in [6.45, 7) is 2.31. The number of amides is 1. The number of hydrogen-bond acceptors (Lipinski definition) is 4. The second-order valence-corrected chi connectivity index (χ2v) is 3.40. The van der Waals surface area contributed by atoms with E-state index in [0.717, 1.165) is 18.8 Å². The molecule has 0 aromatic carbocycles. The molecule has 1 aromatic heterocycles. The minimum atomic E-state index is -0.461. The van der Waals surface area contributed by atoms with Crippen molar-refractivity contribution < 1.29 is 9.53 Å². The fourth-order valence-corrected chi connectivity index (χ4v) is 1.50. The van der Waals surface area contributed by atoms with E-state index in [1.807, 2.05) is 0 Å². The molecule has 1 fully saturated rings. The molecule has 0 bridgehead atoms. The third-order valence-electron chi connectivity index (χ3n) is 2.33. The lowest BCUT2D eigenvalue weighted by Crippen LogP contribution is -2.33. The van der Waals surface area contributed by atoms with E-state index in [0.29, 0.717) is 12.2 Å². The second kappa shape index (κ2) is 4.37. The molecule has 0 radical (unpaired) electrons. The van der Waals surface area contributed by atoms with Crippen LogP contribution in [0.15, 0.2) is 18.3 Å². The van der Waals surface area contributed by atoms with Gasteiger partial charge in [0.05, 0.1) is 17.9 Å². The Bertz CT molecular complexity index is 344. The summed E-state index contributed by atoms with van der Waals surface area (Å²) >= 11 is 0. The minimum absolute atomic E-state index is 0.0272. The maximum Gasteiger partial charge on any atom is 0.250 e. The molecule has 1 amide bonds. The number of nitrogens with zero attached hydrogens (tertiary/aromatic N) is 1. The number of carbonyl (C=O) groups excluding carboxylic acids is 1. The molecule has 1 saturated heterocycles. The van der Waals surface area contributed by atoms with Gasteiger partial charge < -0.3 is 15.8 Å². The van der Waals surface area contributed by atoms with Gasteiger partial charge in [0.1, 0.15) is 6.10 Å². The average molecular weight is 207 g/mol. The van der Waals surface area contributed by atoms with Gasteiger partial charge in [-0.25, -0.2) is 0 Å². The molecule has 0 spiro atoms. The maximum atomic E-state index is 10.8. The van der Waals surface area contributed by atoms with E-state index in [1.54, 1.807) is 12.1 Å². The van der Waals surface area contributed by atoms with Gasteiger partial charge in [0, 0.05) is 19.3 Å². The molecule has 1 atom stereocenters. The predicted molar refractivity (Wildman–Crippen MR) is 54.3 cm³/mol. The summed E-state index contributed by atoms with van der Waals surface area (Å²) < 4.78 is 5.52. The van der Waals surface area contributed by atoms with Crippen LogP contribution in [-0.4, -0.2) is 30.6 Å². The first-order valence-electron chi connectivity index (χ1n) is 4.85. The van der Waals surface area contributed by atoms with Crippen LogP contribution in [0.4, 0.5) is 0 Å². The number of aromatic nitrogens is 1. The Morgan fingerprint density at radius 3 is 3.00 bits per heavy atom. The Balaban J connectivity index is 2.11. The van der Waals surface area contributed by atoms with Gasteiger partial charge in [-0.15, -0.1) is 0 Å². The lowest BCUT2D eigenvalue weighted by molar-refractivity contribution is 0.0250. The van der Waals surface area contributed by atoms with Crippen molar-refractivity contribution in [3.63, 3.8) is 0 Å². The van der Waals surface area contributed by atoms with Crippen molar-refractivity contribution in [3.05, 3.63) is 29.6 Å². The number of nitrogens with one attached hydrogen (secondary N) is 1. The number of carbonyl (C=O) groups is 1. The number of pyridine rings is 1. The van der Waals surface area contributed by atoms with Crippen LogP contribution < -0.4 is 11.1 Å². The monoisotopic (exact) mass is 207 g/mol. The van der Waals surface area contributed by atoms with Crippen LogP contribution in [0.2, 0.25) is 0 Å². The van der Waals surface area contributed by atoms with Gasteiger partial charge >= 0.3 is 0 Å². The zero-order valence-corrected chi connectivity index (χ0v) is 8.27. The molecule has 1 aliphatic rings. The zero-order chi connectivity index (χ0) is 10.7. The van der Waals surface area contributed by atoms with Gasteiger partial charge in [0.15, 0.2) is 0 Å². The van der Waals surface area contributed by atoms with Crippen molar-refractivity contribution in [2.45, 2.75) is 6.10 Å². The summed E-state index contributed by atoms with van der Waals surface area (Å²) in [7, 11) is 0. The Morgan fingerprint density at radius 1 is 1.60 bits per heavy atom. The fraction of sp³-hybridized carbons (Fsp3) is 0.400. The number of morpholine rings is 1. The van der Waals surface area contributed by atoms with Gasteiger partial charge in [-0.2, -0.15) is 0 Å². The number of ether oxygens (including phenoxy) is 1. The molecule has 80 valence electrons. The summed E-state index contributed by atoms with van der Waals surface area (Å²) in [6.07, 6.45) is 1.45. The minimum Gasteiger partial charge on any atom is -0.369 e. The van der Waals surface area contributed by atoms with E-state index in [2.05, 4.69) is 10.3 Å². The van der Waals surface area contributed by atoms with Crippen LogP contribution in [0.1, 0.15) is 22.2 Å². The quantitative estimate of drug-likeness (QED) is 0.706. The van der Waals surface area contributed by atoms with E-state index in [4.69, 9.17) is 10.5 Å². The highest BCUT2D eigenvalue weighted by atomic mass is 16.5. The fourth-order valence-electron chi connectivity index (χ4n) is 1.50. The van der Waals surface area contributed by atoms with E-state index >= 15 is 0 Å². The Labute approximate surface area is 87.6 Å². The van der Waals surface area contributed by atoms with Gasteiger partial charge in [-0.3, -0.25) is 9.78 Å². The van der Waals surface area contributed by atoms with Crippen LogP contribution in [-0.2, 0) is 4.74 Å². The van der Waals surface area contributed by atoms with Crippen molar-refractivity contribution in [2.75, 3.05) is 19.7 Å². The summed E-state index contributed by atoms with van der Waals surface area (Å²) in [5.41, 5.74) is 6.36. The van der Waals surface area contributed by atoms with E-state index in [-0.39, 0.29) is 6.10 Å². The third-order valence-corrected chi connectivity index (χ3v) is 2.33. The smallest absolute Gasteiger partial charge is 0.250 e. The third kappa shape index (κ3) is 2.31. The molecular formula is C10H13N3O2. The molecule has 1 aliphatic heterocycles. The highest BCUT2D eigenvalue weighted by Gasteiger charge is 2.16. The Morgan fingerprint density at radius 2 is 2.47 bits per heavy atom. The number of hydrogen-bond donors (Lipinski definition) is 2. The topological polar surface area (TPSA) is 77.2 Å². The first kappa shape index (κ1) is 10.1. The first-order chi connectivity index (χ1) is 7.27. The molecule has 1 aromatic rings.